The van der Waals surface area contributed by atoms with Gasteiger partial charge in [-0.25, -0.2) is 0 Å². The molecule has 1 aliphatic heterocycles. The molecule has 136 valence electrons. The van der Waals surface area contributed by atoms with Crippen LogP contribution in [0.5, 0.6) is 0 Å². The third-order valence-electron chi connectivity index (χ3n) is 5.43. The van der Waals surface area contributed by atoms with Crippen LogP contribution in [0.15, 0.2) is 35.9 Å². The van der Waals surface area contributed by atoms with E-state index in [0.29, 0.717) is 5.92 Å². The van der Waals surface area contributed by atoms with Gasteiger partial charge in [0.05, 0.1) is 0 Å². The number of amides is 1. The molecule has 4 heteroatoms. The van der Waals surface area contributed by atoms with Gasteiger partial charge in [0.15, 0.2) is 0 Å². The number of hydrogen-bond donors (Lipinski definition) is 0. The molecule has 0 N–H and O–H groups in total. The van der Waals surface area contributed by atoms with Gasteiger partial charge >= 0.3 is 0 Å². The maximum atomic E-state index is 12.5. The van der Waals surface area contributed by atoms with Gasteiger partial charge in [-0.3, -0.25) is 4.79 Å². The van der Waals surface area contributed by atoms with Gasteiger partial charge in [0.1, 0.15) is 0 Å². The number of rotatable bonds is 6. The lowest BCUT2D eigenvalue weighted by atomic mass is 9.96. The van der Waals surface area contributed by atoms with Crippen molar-refractivity contribution in [3.8, 4) is 0 Å². The van der Waals surface area contributed by atoms with Crippen LogP contribution in [0.4, 0.5) is 0 Å². The van der Waals surface area contributed by atoms with Crippen LogP contribution in [-0.4, -0.2) is 48.9 Å². The van der Waals surface area contributed by atoms with E-state index in [1.807, 2.05) is 24.1 Å². The largest absolute Gasteiger partial charge is 0.342 e. The van der Waals surface area contributed by atoms with E-state index in [9.17, 15) is 4.79 Å². The first-order chi connectivity index (χ1) is 12.1. The maximum absolute atomic E-state index is 12.5. The topological polar surface area (TPSA) is 23.6 Å². The number of carbonyl (C=O) groups is 1. The molecule has 0 bridgehead atoms. The highest BCUT2D eigenvalue weighted by Crippen LogP contribution is 2.22. The molecule has 3 nitrogen and oxygen atoms in total. The minimum Gasteiger partial charge on any atom is -0.342 e. The van der Waals surface area contributed by atoms with Gasteiger partial charge in [-0.15, -0.1) is 0 Å². The monoisotopic (exact) mass is 360 g/mol. The van der Waals surface area contributed by atoms with Crippen LogP contribution in [0.1, 0.15) is 37.7 Å². The zero-order chi connectivity index (χ0) is 17.6. The van der Waals surface area contributed by atoms with Crippen molar-refractivity contribution in [3.63, 3.8) is 0 Å². The van der Waals surface area contributed by atoms with Gasteiger partial charge in [-0.2, -0.15) is 0 Å². The van der Waals surface area contributed by atoms with Crippen LogP contribution in [-0.2, 0) is 11.2 Å². The van der Waals surface area contributed by atoms with Crippen LogP contribution in [0, 0.1) is 5.92 Å². The second kappa shape index (κ2) is 8.86. The summed E-state index contributed by atoms with van der Waals surface area (Å²) in [6.07, 6.45) is 8.81. The number of hydrogen-bond acceptors (Lipinski definition) is 2. The van der Waals surface area contributed by atoms with E-state index in [0.717, 1.165) is 55.9 Å². The molecule has 1 atom stereocenters. The third-order valence-corrected chi connectivity index (χ3v) is 5.68. The van der Waals surface area contributed by atoms with Crippen molar-refractivity contribution in [1.29, 1.82) is 0 Å². The molecule has 0 saturated carbocycles. The van der Waals surface area contributed by atoms with Crippen LogP contribution in [0.2, 0.25) is 5.02 Å². The van der Waals surface area contributed by atoms with E-state index >= 15 is 0 Å². The summed E-state index contributed by atoms with van der Waals surface area (Å²) in [4.78, 5) is 17.0. The minimum absolute atomic E-state index is 0.246. The van der Waals surface area contributed by atoms with Gasteiger partial charge in [0.25, 0.3) is 0 Å². The summed E-state index contributed by atoms with van der Waals surface area (Å²) in [5.41, 5.74) is 2.37. The molecule has 0 aromatic heterocycles. The Labute approximate surface area is 156 Å². The lowest BCUT2D eigenvalue weighted by Gasteiger charge is -2.35. The smallest absolute Gasteiger partial charge is 0.249 e. The van der Waals surface area contributed by atoms with Crippen molar-refractivity contribution in [2.24, 2.45) is 5.92 Å². The van der Waals surface area contributed by atoms with Gasteiger partial charge in [0.2, 0.25) is 5.91 Å². The fourth-order valence-corrected chi connectivity index (χ4v) is 4.15. The average molecular weight is 361 g/mol. The number of piperidine rings is 1. The molecule has 1 unspecified atom stereocenters. The zero-order valence-corrected chi connectivity index (χ0v) is 16.0. The summed E-state index contributed by atoms with van der Waals surface area (Å²) in [5, 5.41) is 0.798. The Hall–Kier alpha value is -1.32. The number of allylic oxidation sites excluding steroid dienone is 1. The molecule has 0 radical (unpaired) electrons. The molecular formula is C21H29ClN2O. The average Bonchev–Trinajstić information content (AvgIpc) is 3.15. The number of halogens is 1. The molecule has 25 heavy (non-hydrogen) atoms. The molecule has 3 rings (SSSR count). The van der Waals surface area contributed by atoms with Crippen LogP contribution >= 0.6 is 11.6 Å². The van der Waals surface area contributed by atoms with Crippen molar-refractivity contribution in [2.75, 3.05) is 33.2 Å². The Morgan fingerprint density at radius 2 is 2.08 bits per heavy atom. The van der Waals surface area contributed by atoms with Crippen LogP contribution in [0.3, 0.4) is 0 Å². The predicted octanol–water partition coefficient (Wildman–Crippen LogP) is 4.16. The molecule has 2 aliphatic rings. The quantitative estimate of drug-likeness (QED) is 0.760. The van der Waals surface area contributed by atoms with E-state index in [4.69, 9.17) is 11.6 Å². The van der Waals surface area contributed by atoms with E-state index < -0.39 is 0 Å². The second-order valence-corrected chi connectivity index (χ2v) is 7.93. The molecule has 1 aromatic rings. The predicted molar refractivity (Wildman–Crippen MR) is 104 cm³/mol. The van der Waals surface area contributed by atoms with Gasteiger partial charge in [-0.05, 0) is 68.7 Å². The molecule has 1 aromatic carbocycles. The molecule has 1 saturated heterocycles. The lowest BCUT2D eigenvalue weighted by molar-refractivity contribution is -0.126. The molecule has 1 amide bonds. The first-order valence-corrected chi connectivity index (χ1v) is 9.91. The Balaban J connectivity index is 1.45. The lowest BCUT2D eigenvalue weighted by Crippen LogP contribution is -2.42. The minimum atomic E-state index is 0.246. The molecule has 0 spiro atoms. The second-order valence-electron chi connectivity index (χ2n) is 7.49. The maximum Gasteiger partial charge on any atom is 0.249 e. The molecule has 1 fully saturated rings. The summed E-state index contributed by atoms with van der Waals surface area (Å²) in [6, 6.07) is 8.17. The van der Waals surface area contributed by atoms with Crippen molar-refractivity contribution < 1.29 is 4.79 Å². The summed E-state index contributed by atoms with van der Waals surface area (Å²) < 4.78 is 0. The van der Waals surface area contributed by atoms with Gasteiger partial charge in [0, 0.05) is 37.3 Å². The van der Waals surface area contributed by atoms with E-state index in [1.165, 1.54) is 24.9 Å². The molecule has 1 heterocycles. The van der Waals surface area contributed by atoms with Crippen molar-refractivity contribution in [2.45, 2.75) is 38.5 Å². The van der Waals surface area contributed by atoms with Crippen LogP contribution in [0.25, 0.3) is 0 Å². The Morgan fingerprint density at radius 3 is 2.80 bits per heavy atom. The summed E-state index contributed by atoms with van der Waals surface area (Å²) in [6.45, 7) is 4.24. The normalized spacial score (nSPS) is 21.2. The number of nitrogens with zero attached hydrogens (tertiary/aromatic N) is 2. The summed E-state index contributed by atoms with van der Waals surface area (Å²) in [7, 11) is 1.97. The molecular weight excluding hydrogens is 332 g/mol. The van der Waals surface area contributed by atoms with Crippen molar-refractivity contribution >= 4 is 17.5 Å². The summed E-state index contributed by atoms with van der Waals surface area (Å²) in [5.74, 6) is 0.839. The van der Waals surface area contributed by atoms with Gasteiger partial charge in [-0.1, -0.05) is 29.8 Å². The summed E-state index contributed by atoms with van der Waals surface area (Å²) >= 11 is 5.95. The highest BCUT2D eigenvalue weighted by Gasteiger charge is 2.24. The fraction of sp³-hybridized carbons (Fsp3) is 0.571. The Kier molecular flexibility index (Phi) is 6.55. The number of likely N-dealkylation sites (tertiary alicyclic amines) is 1. The Bertz CT molecular complexity index is 611. The van der Waals surface area contributed by atoms with Crippen molar-refractivity contribution in [1.82, 2.24) is 9.80 Å². The SMILES string of the molecule is CN(CC1CCCN(CCc2ccc(Cl)cc2)C1)C(=O)C1=CCCC1. The highest BCUT2D eigenvalue weighted by atomic mass is 35.5. The van der Waals surface area contributed by atoms with E-state index in [2.05, 4.69) is 23.1 Å². The highest BCUT2D eigenvalue weighted by molar-refractivity contribution is 6.30. The number of benzene rings is 1. The first-order valence-electron chi connectivity index (χ1n) is 9.53. The zero-order valence-electron chi connectivity index (χ0n) is 15.2. The number of likely N-dealkylation sites (N-methyl/N-ethyl adjacent to an activating group) is 1. The van der Waals surface area contributed by atoms with E-state index in [-0.39, 0.29) is 5.91 Å². The standard InChI is InChI=1S/C21H29ClN2O/c1-23(21(25)19-6-2-3-7-19)15-18-5-4-13-24(16-18)14-12-17-8-10-20(22)11-9-17/h6,8-11,18H,2-5,7,12-16H2,1H3. The Morgan fingerprint density at radius 1 is 1.28 bits per heavy atom. The fourth-order valence-electron chi connectivity index (χ4n) is 4.02. The van der Waals surface area contributed by atoms with E-state index in [1.54, 1.807) is 0 Å². The molecule has 1 aliphatic carbocycles. The van der Waals surface area contributed by atoms with Crippen molar-refractivity contribution in [3.05, 3.63) is 46.5 Å². The third kappa shape index (κ3) is 5.32. The first kappa shape index (κ1) is 18.5. The number of carbonyl (C=O) groups excluding carboxylic acids is 1. The van der Waals surface area contributed by atoms with Crippen LogP contribution < -0.4 is 0 Å². The van der Waals surface area contributed by atoms with Gasteiger partial charge < -0.3 is 9.80 Å².